The number of aliphatic imine (C=N–C) groups is 1. The number of nitrogens with one attached hydrogen (secondary N) is 1. The fourth-order valence-corrected chi connectivity index (χ4v) is 3.73. The maximum atomic E-state index is 13.8. The summed E-state index contributed by atoms with van der Waals surface area (Å²) in [7, 11) is 0. The minimum Gasteiger partial charge on any atom is -0.387 e. The predicted molar refractivity (Wildman–Crippen MR) is 129 cm³/mol. The Hall–Kier alpha value is -3.42. The molecule has 33 heavy (non-hydrogen) atoms. The largest absolute Gasteiger partial charge is 0.387 e. The van der Waals surface area contributed by atoms with Crippen molar-refractivity contribution in [2.45, 2.75) is 13.0 Å². The summed E-state index contributed by atoms with van der Waals surface area (Å²) in [5, 5.41) is 3.38. The zero-order chi connectivity index (χ0) is 23.5. The van der Waals surface area contributed by atoms with Crippen molar-refractivity contribution in [3.63, 3.8) is 0 Å². The Balaban J connectivity index is 1.67. The minimum atomic E-state index is -0.729. The van der Waals surface area contributed by atoms with Crippen molar-refractivity contribution >= 4 is 52.0 Å². The van der Waals surface area contributed by atoms with Crippen LogP contribution in [0, 0.1) is 11.6 Å². The van der Waals surface area contributed by atoms with Gasteiger partial charge in [0, 0.05) is 30.1 Å². The lowest BCUT2D eigenvalue weighted by Crippen LogP contribution is -2.34. The van der Waals surface area contributed by atoms with Gasteiger partial charge in [-0.05, 0) is 59.2 Å². The molecule has 168 valence electrons. The van der Waals surface area contributed by atoms with E-state index in [0.29, 0.717) is 28.7 Å². The van der Waals surface area contributed by atoms with Crippen LogP contribution in [-0.4, -0.2) is 11.9 Å². The number of hydrogen-bond donors (Lipinski definition) is 2. The van der Waals surface area contributed by atoms with Gasteiger partial charge >= 0.3 is 6.03 Å². The quantitative estimate of drug-likeness (QED) is 0.425. The molecule has 1 heterocycles. The molecule has 3 aromatic carbocycles. The normalized spacial score (nSPS) is 12.8. The summed E-state index contributed by atoms with van der Waals surface area (Å²) in [5.74, 6) is -0.959. The zero-order valence-corrected chi connectivity index (χ0v) is 18.7. The van der Waals surface area contributed by atoms with Gasteiger partial charge in [0.1, 0.15) is 17.5 Å². The van der Waals surface area contributed by atoms with Crippen molar-refractivity contribution in [3.8, 4) is 0 Å². The van der Waals surface area contributed by atoms with Crippen molar-refractivity contribution in [1.82, 2.24) is 0 Å². The lowest BCUT2D eigenvalue weighted by atomic mass is 10.0. The first-order chi connectivity index (χ1) is 15.8. The highest BCUT2D eigenvalue weighted by Gasteiger charge is 2.19. The fourth-order valence-electron chi connectivity index (χ4n) is 3.43. The first-order valence-corrected chi connectivity index (χ1v) is 10.6. The van der Waals surface area contributed by atoms with Crippen molar-refractivity contribution < 1.29 is 13.6 Å². The Labute approximate surface area is 199 Å². The number of amides is 2. The zero-order valence-electron chi connectivity index (χ0n) is 17.2. The van der Waals surface area contributed by atoms with Gasteiger partial charge in [-0.1, -0.05) is 35.3 Å². The topological polar surface area (TPSA) is 70.7 Å². The molecule has 9 heteroatoms. The van der Waals surface area contributed by atoms with E-state index in [1.807, 2.05) is 6.07 Å². The molecular weight excluding hydrogens is 469 g/mol. The molecule has 0 aliphatic carbocycles. The van der Waals surface area contributed by atoms with E-state index in [1.54, 1.807) is 36.5 Å². The van der Waals surface area contributed by atoms with Gasteiger partial charge in [-0.15, -0.1) is 0 Å². The summed E-state index contributed by atoms with van der Waals surface area (Å²) in [5.41, 5.74) is 8.73. The number of benzene rings is 3. The second kappa shape index (κ2) is 9.60. The molecule has 0 bridgehead atoms. The van der Waals surface area contributed by atoms with Crippen LogP contribution in [0.2, 0.25) is 10.0 Å². The molecule has 5 nitrogen and oxygen atoms in total. The molecule has 0 saturated heterocycles. The van der Waals surface area contributed by atoms with Crippen LogP contribution < -0.4 is 16.0 Å². The van der Waals surface area contributed by atoms with Crippen LogP contribution in [0.3, 0.4) is 0 Å². The Morgan fingerprint density at radius 1 is 1.03 bits per heavy atom. The molecule has 3 aromatic rings. The maximum absolute atomic E-state index is 13.8. The highest BCUT2D eigenvalue weighted by atomic mass is 35.5. The van der Waals surface area contributed by atoms with Gasteiger partial charge in [-0.25, -0.2) is 18.6 Å². The van der Waals surface area contributed by atoms with Crippen LogP contribution in [-0.2, 0) is 6.54 Å². The van der Waals surface area contributed by atoms with Crippen molar-refractivity contribution in [1.29, 1.82) is 0 Å². The van der Waals surface area contributed by atoms with Gasteiger partial charge in [0.25, 0.3) is 0 Å². The van der Waals surface area contributed by atoms with Gasteiger partial charge in [0.15, 0.2) is 0 Å². The smallest absolute Gasteiger partial charge is 0.326 e. The average molecular weight is 487 g/mol. The number of hydrogen-bond acceptors (Lipinski definition) is 3. The second-order valence-electron chi connectivity index (χ2n) is 7.42. The van der Waals surface area contributed by atoms with E-state index < -0.39 is 17.7 Å². The number of carbonyl (C=O) groups is 1. The van der Waals surface area contributed by atoms with Gasteiger partial charge in [0.2, 0.25) is 0 Å². The van der Waals surface area contributed by atoms with E-state index in [1.165, 1.54) is 23.1 Å². The average Bonchev–Trinajstić information content (AvgIpc) is 3.20. The van der Waals surface area contributed by atoms with Crippen molar-refractivity contribution in [2.75, 3.05) is 10.2 Å². The molecule has 0 saturated carbocycles. The van der Waals surface area contributed by atoms with Gasteiger partial charge in [0.05, 0.1) is 16.6 Å². The van der Waals surface area contributed by atoms with E-state index in [-0.39, 0.29) is 17.1 Å². The van der Waals surface area contributed by atoms with Gasteiger partial charge in [-0.3, -0.25) is 4.90 Å². The second-order valence-corrected chi connectivity index (χ2v) is 8.24. The van der Waals surface area contributed by atoms with E-state index in [9.17, 15) is 13.6 Å². The summed E-state index contributed by atoms with van der Waals surface area (Å²) in [6.45, 7) is -0.0804. The number of rotatable bonds is 5. The molecule has 0 unspecified atom stereocenters. The van der Waals surface area contributed by atoms with Crippen LogP contribution in [0.15, 0.2) is 71.9 Å². The van der Waals surface area contributed by atoms with Crippen LogP contribution in [0.1, 0.15) is 17.5 Å². The Bertz CT molecular complexity index is 1270. The first kappa shape index (κ1) is 22.8. The Morgan fingerprint density at radius 3 is 2.45 bits per heavy atom. The summed E-state index contributed by atoms with van der Waals surface area (Å²) in [6.07, 6.45) is 2.17. The van der Waals surface area contributed by atoms with Gasteiger partial charge in [-0.2, -0.15) is 0 Å². The predicted octanol–water partition coefficient (Wildman–Crippen LogP) is 6.61. The number of amidine groups is 1. The van der Waals surface area contributed by atoms with Crippen LogP contribution >= 0.6 is 23.2 Å². The van der Waals surface area contributed by atoms with E-state index in [0.717, 1.165) is 17.2 Å². The summed E-state index contributed by atoms with van der Waals surface area (Å²) < 4.78 is 27.6. The summed E-state index contributed by atoms with van der Waals surface area (Å²) >= 11 is 12.0. The van der Waals surface area contributed by atoms with E-state index in [4.69, 9.17) is 28.9 Å². The third-order valence-corrected chi connectivity index (χ3v) is 5.70. The highest BCUT2D eigenvalue weighted by molar-refractivity contribution is 6.42. The molecule has 0 radical (unpaired) electrons. The van der Waals surface area contributed by atoms with Crippen LogP contribution in [0.4, 0.5) is 25.0 Å². The molecule has 3 N–H and O–H groups in total. The van der Waals surface area contributed by atoms with Gasteiger partial charge < -0.3 is 11.1 Å². The number of nitrogens with zero attached hydrogens (tertiary/aromatic N) is 2. The third-order valence-electron chi connectivity index (χ3n) is 4.97. The molecule has 4 rings (SSSR count). The summed E-state index contributed by atoms with van der Waals surface area (Å²) in [6, 6.07) is 14.5. The molecule has 1 aliphatic rings. The summed E-state index contributed by atoms with van der Waals surface area (Å²) in [4.78, 5) is 18.7. The fraction of sp³-hybridized carbons (Fsp3) is 0.0833. The number of halogens is 4. The highest BCUT2D eigenvalue weighted by Crippen LogP contribution is 2.29. The SMILES string of the molecule is NC1=NC=C(c2cccc(N(Cc3cc(F)cc(F)c3)C(=O)Nc3ccc(Cl)c(Cl)c3)c2)C1. The monoisotopic (exact) mass is 486 g/mol. The van der Waals surface area contributed by atoms with E-state index >= 15 is 0 Å². The standard InChI is InChI=1S/C24H18Cl2F2N4O/c25-21-5-4-19(11-22(21)26)31-24(33)32(13-14-6-17(27)10-18(28)7-14)20-3-1-2-15(8-20)16-9-23(29)30-12-16/h1-8,10-12H,9,13H2,(H2,29,30)(H,31,33). The van der Waals surface area contributed by atoms with E-state index in [2.05, 4.69) is 10.3 Å². The number of urea groups is 1. The molecule has 2 amide bonds. The number of nitrogens with two attached hydrogens (primary N) is 1. The molecule has 0 fully saturated rings. The molecule has 1 aliphatic heterocycles. The van der Waals surface area contributed by atoms with Crippen LogP contribution in [0.5, 0.6) is 0 Å². The lowest BCUT2D eigenvalue weighted by molar-refractivity contribution is 0.256. The minimum absolute atomic E-state index is 0.0804. The third kappa shape index (κ3) is 5.50. The molecule has 0 spiro atoms. The first-order valence-electron chi connectivity index (χ1n) is 9.88. The number of carbonyl (C=O) groups excluding carboxylic acids is 1. The van der Waals surface area contributed by atoms with Crippen LogP contribution in [0.25, 0.3) is 5.57 Å². The Morgan fingerprint density at radius 2 is 1.79 bits per heavy atom. The maximum Gasteiger partial charge on any atom is 0.326 e. The number of anilines is 2. The van der Waals surface area contributed by atoms with Crippen molar-refractivity contribution in [3.05, 3.63) is 99.7 Å². The molecular formula is C24H18Cl2F2N4O. The molecule has 0 atom stereocenters. The lowest BCUT2D eigenvalue weighted by Gasteiger charge is -2.24. The van der Waals surface area contributed by atoms with Crippen molar-refractivity contribution in [2.24, 2.45) is 10.7 Å². The molecule has 0 aromatic heterocycles. The Kier molecular flexibility index (Phi) is 6.62.